The third-order valence-electron chi connectivity index (χ3n) is 3.56. The molecule has 1 aliphatic heterocycles. The maximum atomic E-state index is 12.8. The summed E-state index contributed by atoms with van der Waals surface area (Å²) in [6.45, 7) is 0.870. The van der Waals surface area contributed by atoms with Crippen LogP contribution in [0.25, 0.3) is 0 Å². The summed E-state index contributed by atoms with van der Waals surface area (Å²) in [6.07, 6.45) is 0.313. The standard InChI is InChI=1S/C18H16BrNO4/c19-7-6-17(21)20-14-11-16-15(23-8-9-24-16)10-13(14)18(22)12-4-2-1-3-5-12/h1-5,10-11H,6-9H2,(H,20,21). The topological polar surface area (TPSA) is 64.6 Å². The molecule has 2 aromatic rings. The average Bonchev–Trinajstić information content (AvgIpc) is 2.61. The molecule has 6 heteroatoms. The molecule has 0 aliphatic carbocycles. The predicted molar refractivity (Wildman–Crippen MR) is 94.3 cm³/mol. The summed E-state index contributed by atoms with van der Waals surface area (Å²) in [5.41, 5.74) is 1.36. The normalized spacial score (nSPS) is 12.5. The summed E-state index contributed by atoms with van der Waals surface area (Å²) < 4.78 is 11.1. The van der Waals surface area contributed by atoms with Crippen molar-refractivity contribution in [2.24, 2.45) is 0 Å². The number of amides is 1. The fourth-order valence-corrected chi connectivity index (χ4v) is 2.78. The van der Waals surface area contributed by atoms with E-state index in [1.54, 1.807) is 36.4 Å². The molecular formula is C18H16BrNO4. The van der Waals surface area contributed by atoms with Crippen molar-refractivity contribution in [3.63, 3.8) is 0 Å². The van der Waals surface area contributed by atoms with E-state index in [0.717, 1.165) is 0 Å². The number of rotatable bonds is 5. The molecular weight excluding hydrogens is 374 g/mol. The van der Waals surface area contributed by atoms with E-state index in [4.69, 9.17) is 9.47 Å². The molecule has 0 radical (unpaired) electrons. The Morgan fingerprint density at radius 2 is 1.71 bits per heavy atom. The number of hydrogen-bond acceptors (Lipinski definition) is 4. The highest BCUT2D eigenvalue weighted by Crippen LogP contribution is 2.36. The molecule has 2 aromatic carbocycles. The van der Waals surface area contributed by atoms with Crippen LogP contribution in [-0.4, -0.2) is 30.2 Å². The fourth-order valence-electron chi connectivity index (χ4n) is 2.42. The van der Waals surface area contributed by atoms with Crippen molar-refractivity contribution >= 4 is 33.3 Å². The van der Waals surface area contributed by atoms with Gasteiger partial charge in [-0.2, -0.15) is 0 Å². The van der Waals surface area contributed by atoms with Gasteiger partial charge in [-0.15, -0.1) is 0 Å². The number of anilines is 1. The number of alkyl halides is 1. The molecule has 0 fully saturated rings. The lowest BCUT2D eigenvalue weighted by Gasteiger charge is -2.21. The Kier molecular flexibility index (Phi) is 5.15. The van der Waals surface area contributed by atoms with E-state index in [1.165, 1.54) is 0 Å². The Balaban J connectivity index is 2.01. The second kappa shape index (κ2) is 7.49. The maximum absolute atomic E-state index is 12.8. The molecule has 0 spiro atoms. The number of nitrogens with one attached hydrogen (secondary N) is 1. The highest BCUT2D eigenvalue weighted by atomic mass is 79.9. The first kappa shape index (κ1) is 16.5. The van der Waals surface area contributed by atoms with Crippen LogP contribution in [0.15, 0.2) is 42.5 Å². The van der Waals surface area contributed by atoms with E-state index in [0.29, 0.717) is 53.3 Å². The lowest BCUT2D eigenvalue weighted by molar-refractivity contribution is -0.115. The minimum absolute atomic E-state index is 0.175. The number of carbonyl (C=O) groups is 2. The number of ketones is 1. The zero-order valence-electron chi connectivity index (χ0n) is 12.9. The molecule has 0 saturated heterocycles. The maximum Gasteiger partial charge on any atom is 0.225 e. The van der Waals surface area contributed by atoms with Gasteiger partial charge in [0.1, 0.15) is 13.2 Å². The fraction of sp³-hybridized carbons (Fsp3) is 0.222. The second-order valence-corrected chi connectivity index (χ2v) is 6.02. The minimum atomic E-state index is -0.179. The third kappa shape index (κ3) is 3.59. The van der Waals surface area contributed by atoms with Crippen molar-refractivity contribution in [1.29, 1.82) is 0 Å². The van der Waals surface area contributed by atoms with Crippen LogP contribution in [0.5, 0.6) is 11.5 Å². The van der Waals surface area contributed by atoms with Crippen molar-refractivity contribution < 1.29 is 19.1 Å². The molecule has 1 heterocycles. The lowest BCUT2D eigenvalue weighted by atomic mass is 10.0. The molecule has 1 N–H and O–H groups in total. The smallest absolute Gasteiger partial charge is 0.225 e. The van der Waals surface area contributed by atoms with Crippen molar-refractivity contribution in [2.45, 2.75) is 6.42 Å². The van der Waals surface area contributed by atoms with Gasteiger partial charge < -0.3 is 14.8 Å². The van der Waals surface area contributed by atoms with E-state index in [9.17, 15) is 9.59 Å². The molecule has 24 heavy (non-hydrogen) atoms. The minimum Gasteiger partial charge on any atom is -0.486 e. The van der Waals surface area contributed by atoms with Gasteiger partial charge in [-0.1, -0.05) is 46.3 Å². The highest BCUT2D eigenvalue weighted by Gasteiger charge is 2.21. The number of benzene rings is 2. The summed E-state index contributed by atoms with van der Waals surface area (Å²) >= 11 is 3.24. The van der Waals surface area contributed by atoms with E-state index in [1.807, 2.05) is 6.07 Å². The first-order valence-corrected chi connectivity index (χ1v) is 8.70. The Morgan fingerprint density at radius 1 is 1.04 bits per heavy atom. The van der Waals surface area contributed by atoms with Crippen LogP contribution in [0.4, 0.5) is 5.69 Å². The molecule has 0 saturated carbocycles. The molecule has 3 rings (SSSR count). The van der Waals surface area contributed by atoms with Crippen molar-refractivity contribution in [2.75, 3.05) is 23.9 Å². The van der Waals surface area contributed by atoms with Crippen LogP contribution < -0.4 is 14.8 Å². The van der Waals surface area contributed by atoms with Gasteiger partial charge in [0.25, 0.3) is 0 Å². The van der Waals surface area contributed by atoms with Crippen LogP contribution in [0, 0.1) is 0 Å². The third-order valence-corrected chi connectivity index (χ3v) is 3.96. The summed E-state index contributed by atoms with van der Waals surface area (Å²) in [4.78, 5) is 24.8. The largest absolute Gasteiger partial charge is 0.486 e. The van der Waals surface area contributed by atoms with Gasteiger partial charge >= 0.3 is 0 Å². The van der Waals surface area contributed by atoms with Crippen LogP contribution >= 0.6 is 15.9 Å². The van der Waals surface area contributed by atoms with Crippen LogP contribution in [0.1, 0.15) is 22.3 Å². The number of hydrogen-bond donors (Lipinski definition) is 1. The monoisotopic (exact) mass is 389 g/mol. The first-order chi connectivity index (χ1) is 11.7. The second-order valence-electron chi connectivity index (χ2n) is 5.22. The summed E-state index contributed by atoms with van der Waals surface area (Å²) in [6, 6.07) is 12.2. The van der Waals surface area contributed by atoms with E-state index in [-0.39, 0.29) is 11.7 Å². The van der Waals surface area contributed by atoms with Gasteiger partial charge in [0.15, 0.2) is 17.3 Å². The van der Waals surface area contributed by atoms with E-state index >= 15 is 0 Å². The Hall–Kier alpha value is -2.34. The number of halogens is 1. The van der Waals surface area contributed by atoms with Gasteiger partial charge in [0.05, 0.1) is 11.3 Å². The Labute approximate surface area is 148 Å². The van der Waals surface area contributed by atoms with Gasteiger partial charge in [-0.25, -0.2) is 0 Å². The van der Waals surface area contributed by atoms with Crippen LogP contribution in [-0.2, 0) is 4.79 Å². The van der Waals surface area contributed by atoms with Crippen molar-refractivity contribution in [3.05, 3.63) is 53.6 Å². The highest BCUT2D eigenvalue weighted by molar-refractivity contribution is 9.09. The number of ether oxygens (including phenoxy) is 2. The van der Waals surface area contributed by atoms with Gasteiger partial charge in [0, 0.05) is 23.4 Å². The van der Waals surface area contributed by atoms with E-state index in [2.05, 4.69) is 21.2 Å². The van der Waals surface area contributed by atoms with Crippen molar-refractivity contribution in [1.82, 2.24) is 0 Å². The van der Waals surface area contributed by atoms with Crippen LogP contribution in [0.3, 0.4) is 0 Å². The van der Waals surface area contributed by atoms with Crippen LogP contribution in [0.2, 0.25) is 0 Å². The van der Waals surface area contributed by atoms with E-state index < -0.39 is 0 Å². The predicted octanol–water partition coefficient (Wildman–Crippen LogP) is 3.41. The van der Waals surface area contributed by atoms with Gasteiger partial charge in [0.2, 0.25) is 5.91 Å². The van der Waals surface area contributed by atoms with Gasteiger partial charge in [-0.3, -0.25) is 9.59 Å². The lowest BCUT2D eigenvalue weighted by Crippen LogP contribution is -2.19. The van der Waals surface area contributed by atoms with Gasteiger partial charge in [-0.05, 0) is 6.07 Å². The zero-order valence-corrected chi connectivity index (χ0v) is 14.5. The molecule has 1 aliphatic rings. The molecule has 0 bridgehead atoms. The van der Waals surface area contributed by atoms with Crippen molar-refractivity contribution in [3.8, 4) is 11.5 Å². The summed E-state index contributed by atoms with van der Waals surface area (Å²) in [5.74, 6) is 0.686. The molecule has 5 nitrogen and oxygen atoms in total. The molecule has 0 unspecified atom stereocenters. The SMILES string of the molecule is O=C(CCBr)Nc1cc2c(cc1C(=O)c1ccccc1)OCCO2. The Bertz CT molecular complexity index is 761. The Morgan fingerprint density at radius 3 is 2.38 bits per heavy atom. The quantitative estimate of drug-likeness (QED) is 0.628. The molecule has 1 amide bonds. The summed E-state index contributed by atoms with van der Waals surface area (Å²) in [7, 11) is 0. The number of carbonyl (C=O) groups excluding carboxylic acids is 2. The zero-order chi connectivity index (χ0) is 16.9. The number of fused-ring (bicyclic) bond motifs is 1. The molecule has 0 aromatic heterocycles. The summed E-state index contributed by atoms with van der Waals surface area (Å²) in [5, 5.41) is 3.33. The molecule has 124 valence electrons. The first-order valence-electron chi connectivity index (χ1n) is 7.58. The molecule has 0 atom stereocenters. The average molecular weight is 390 g/mol.